The number of hydrogen-bond acceptors (Lipinski definition) is 2. The minimum absolute atomic E-state index is 0.119. The molecule has 0 saturated heterocycles. The van der Waals surface area contributed by atoms with Gasteiger partial charge in [0, 0.05) is 6.20 Å². The number of halogens is 3. The monoisotopic (exact) mass is 244 g/mol. The third-order valence-corrected chi connectivity index (χ3v) is 2.74. The molecule has 92 valence electrons. The number of hydrogen-bond donors (Lipinski definition) is 1. The maximum absolute atomic E-state index is 12.4. The average Bonchev–Trinajstić information content (AvgIpc) is 3.00. The van der Waals surface area contributed by atoms with Crippen molar-refractivity contribution in [3.8, 4) is 0 Å². The minimum Gasteiger partial charge on any atom is -0.366 e. The number of nitrogens with two attached hydrogens (primary N) is 1. The van der Waals surface area contributed by atoms with E-state index in [-0.39, 0.29) is 5.56 Å². The Hall–Kier alpha value is -1.59. The fourth-order valence-corrected chi connectivity index (χ4v) is 1.62. The summed E-state index contributed by atoms with van der Waals surface area (Å²) >= 11 is 0. The van der Waals surface area contributed by atoms with Crippen molar-refractivity contribution in [2.24, 2.45) is 11.7 Å². The van der Waals surface area contributed by atoms with Crippen LogP contribution in [-0.4, -0.2) is 10.9 Å². The smallest absolute Gasteiger partial charge is 0.366 e. The fraction of sp³-hybridized carbons (Fsp3) is 0.455. The lowest BCUT2D eigenvalue weighted by Crippen LogP contribution is -2.18. The maximum Gasteiger partial charge on any atom is 0.417 e. The van der Waals surface area contributed by atoms with Crippen molar-refractivity contribution in [3.05, 3.63) is 29.1 Å². The highest BCUT2D eigenvalue weighted by atomic mass is 19.4. The normalized spacial score (nSPS) is 15.9. The molecule has 1 saturated carbocycles. The molecule has 6 heteroatoms. The quantitative estimate of drug-likeness (QED) is 0.885. The van der Waals surface area contributed by atoms with Gasteiger partial charge in [0.2, 0.25) is 0 Å². The Morgan fingerprint density at radius 3 is 2.59 bits per heavy atom. The van der Waals surface area contributed by atoms with E-state index in [1.54, 1.807) is 0 Å². The molecule has 0 unspecified atom stereocenters. The number of alkyl halides is 3. The SMILES string of the molecule is NC(=O)c1cc(C(F)(F)F)cnc1CC1CC1. The number of aromatic nitrogens is 1. The molecule has 1 aromatic heterocycles. The Morgan fingerprint density at radius 2 is 2.12 bits per heavy atom. The van der Waals surface area contributed by atoms with Gasteiger partial charge in [-0.2, -0.15) is 13.2 Å². The van der Waals surface area contributed by atoms with Crippen LogP contribution in [0.1, 0.15) is 34.5 Å². The van der Waals surface area contributed by atoms with E-state index in [1.165, 1.54) is 0 Å². The molecule has 0 bridgehead atoms. The van der Waals surface area contributed by atoms with Crippen LogP contribution in [-0.2, 0) is 12.6 Å². The summed E-state index contributed by atoms with van der Waals surface area (Å²) in [7, 11) is 0. The minimum atomic E-state index is -4.50. The van der Waals surface area contributed by atoms with E-state index in [2.05, 4.69) is 4.98 Å². The summed E-state index contributed by atoms with van der Waals surface area (Å²) in [6.45, 7) is 0. The fourth-order valence-electron chi connectivity index (χ4n) is 1.62. The Balaban J connectivity index is 2.36. The van der Waals surface area contributed by atoms with E-state index < -0.39 is 17.6 Å². The highest BCUT2D eigenvalue weighted by Gasteiger charge is 2.33. The first-order chi connectivity index (χ1) is 7.88. The molecule has 0 atom stereocenters. The zero-order chi connectivity index (χ0) is 12.6. The Labute approximate surface area is 95.8 Å². The second-order valence-corrected chi connectivity index (χ2v) is 4.23. The summed E-state index contributed by atoms with van der Waals surface area (Å²) in [5.41, 5.74) is 4.39. The van der Waals surface area contributed by atoms with Crippen molar-refractivity contribution >= 4 is 5.91 Å². The van der Waals surface area contributed by atoms with Crippen molar-refractivity contribution in [3.63, 3.8) is 0 Å². The Morgan fingerprint density at radius 1 is 1.47 bits per heavy atom. The summed E-state index contributed by atoms with van der Waals surface area (Å²) in [6.07, 6.45) is -1.17. The first-order valence-corrected chi connectivity index (χ1v) is 5.24. The van der Waals surface area contributed by atoms with Crippen molar-refractivity contribution < 1.29 is 18.0 Å². The van der Waals surface area contributed by atoms with Crippen molar-refractivity contribution in [2.75, 3.05) is 0 Å². The molecular weight excluding hydrogens is 233 g/mol. The second kappa shape index (κ2) is 4.01. The highest BCUT2D eigenvalue weighted by molar-refractivity contribution is 5.94. The molecule has 1 aliphatic carbocycles. The van der Waals surface area contributed by atoms with Gasteiger partial charge in [-0.3, -0.25) is 9.78 Å². The summed E-state index contributed by atoms with van der Waals surface area (Å²) < 4.78 is 37.3. The van der Waals surface area contributed by atoms with Crippen molar-refractivity contribution in [1.82, 2.24) is 4.98 Å². The van der Waals surface area contributed by atoms with Crippen LogP contribution in [0.3, 0.4) is 0 Å². The van der Waals surface area contributed by atoms with E-state index in [9.17, 15) is 18.0 Å². The van der Waals surface area contributed by atoms with Crippen LogP contribution in [0.5, 0.6) is 0 Å². The van der Waals surface area contributed by atoms with Gasteiger partial charge in [-0.1, -0.05) is 0 Å². The number of carbonyl (C=O) groups is 1. The van der Waals surface area contributed by atoms with Gasteiger partial charge in [0.25, 0.3) is 5.91 Å². The predicted octanol–water partition coefficient (Wildman–Crippen LogP) is 2.15. The van der Waals surface area contributed by atoms with E-state index in [1.807, 2.05) is 0 Å². The molecule has 1 heterocycles. The Kier molecular flexibility index (Phi) is 2.81. The molecule has 2 rings (SSSR count). The van der Waals surface area contributed by atoms with Gasteiger partial charge >= 0.3 is 6.18 Å². The maximum atomic E-state index is 12.4. The zero-order valence-corrected chi connectivity index (χ0v) is 8.92. The molecule has 17 heavy (non-hydrogen) atoms. The molecular formula is C11H11F3N2O. The molecule has 1 aliphatic rings. The lowest BCUT2D eigenvalue weighted by atomic mass is 10.1. The van der Waals surface area contributed by atoms with Crippen LogP contribution in [0.2, 0.25) is 0 Å². The van der Waals surface area contributed by atoms with Crippen LogP contribution >= 0.6 is 0 Å². The molecule has 3 nitrogen and oxygen atoms in total. The number of rotatable bonds is 3. The van der Waals surface area contributed by atoms with Crippen LogP contribution in [0, 0.1) is 5.92 Å². The van der Waals surface area contributed by atoms with Crippen LogP contribution in [0.25, 0.3) is 0 Å². The van der Waals surface area contributed by atoms with Gasteiger partial charge in [-0.25, -0.2) is 0 Å². The van der Waals surface area contributed by atoms with Gasteiger partial charge in [-0.15, -0.1) is 0 Å². The number of pyridine rings is 1. The first-order valence-electron chi connectivity index (χ1n) is 5.24. The molecule has 1 aromatic rings. The van der Waals surface area contributed by atoms with E-state index >= 15 is 0 Å². The van der Waals surface area contributed by atoms with Gasteiger partial charge in [0.1, 0.15) is 0 Å². The molecule has 0 aliphatic heterocycles. The largest absolute Gasteiger partial charge is 0.417 e. The lowest BCUT2D eigenvalue weighted by molar-refractivity contribution is -0.137. The lowest BCUT2D eigenvalue weighted by Gasteiger charge is -2.10. The third-order valence-electron chi connectivity index (χ3n) is 2.74. The van der Waals surface area contributed by atoms with E-state index in [0.29, 0.717) is 18.0 Å². The zero-order valence-electron chi connectivity index (χ0n) is 8.92. The van der Waals surface area contributed by atoms with Gasteiger partial charge < -0.3 is 5.73 Å². The van der Waals surface area contributed by atoms with Gasteiger partial charge in [0.15, 0.2) is 0 Å². The van der Waals surface area contributed by atoms with Gasteiger partial charge in [-0.05, 0) is 31.2 Å². The van der Waals surface area contributed by atoms with Crippen molar-refractivity contribution in [2.45, 2.75) is 25.4 Å². The molecule has 0 radical (unpaired) electrons. The number of carbonyl (C=O) groups excluding carboxylic acids is 1. The van der Waals surface area contributed by atoms with Crippen LogP contribution in [0.15, 0.2) is 12.3 Å². The highest BCUT2D eigenvalue weighted by Crippen LogP contribution is 2.34. The summed E-state index contributed by atoms with van der Waals surface area (Å²) in [4.78, 5) is 14.8. The summed E-state index contributed by atoms with van der Waals surface area (Å²) in [5.74, 6) is -0.434. The number of nitrogens with zero attached hydrogens (tertiary/aromatic N) is 1. The van der Waals surface area contributed by atoms with E-state index in [0.717, 1.165) is 25.1 Å². The topological polar surface area (TPSA) is 56.0 Å². The van der Waals surface area contributed by atoms with Crippen LogP contribution in [0.4, 0.5) is 13.2 Å². The molecule has 1 amide bonds. The number of primary amides is 1. The number of amides is 1. The predicted molar refractivity (Wildman–Crippen MR) is 54.2 cm³/mol. The molecule has 0 spiro atoms. The summed E-state index contributed by atoms with van der Waals surface area (Å²) in [6, 6.07) is 0.785. The summed E-state index contributed by atoms with van der Waals surface area (Å²) in [5, 5.41) is 0. The van der Waals surface area contributed by atoms with Crippen molar-refractivity contribution in [1.29, 1.82) is 0 Å². The molecule has 0 aromatic carbocycles. The van der Waals surface area contributed by atoms with Crippen LogP contribution < -0.4 is 5.73 Å². The molecule has 1 fully saturated rings. The second-order valence-electron chi connectivity index (χ2n) is 4.23. The standard InChI is InChI=1S/C11H11F3N2O/c12-11(13,14)7-4-8(10(15)17)9(16-5-7)3-6-1-2-6/h4-6H,1-3H2,(H2,15,17). The molecule has 2 N–H and O–H groups in total. The van der Waals surface area contributed by atoms with E-state index in [4.69, 9.17) is 5.73 Å². The Bertz CT molecular complexity index is 453. The average molecular weight is 244 g/mol. The third kappa shape index (κ3) is 2.75. The van der Waals surface area contributed by atoms with Gasteiger partial charge in [0.05, 0.1) is 16.8 Å². The first kappa shape index (κ1) is 11.9.